The molecule has 0 aliphatic rings. The van der Waals surface area contributed by atoms with Crippen molar-refractivity contribution in [3.8, 4) is 0 Å². The minimum absolute atomic E-state index is 0.0933. The number of hydrogen-bond acceptors (Lipinski definition) is 4. The number of rotatable bonds is 2. The monoisotopic (exact) mass is 278 g/mol. The second-order valence-electron chi connectivity index (χ2n) is 2.72. The standard InChI is InChI=1S/C7H7BrN2O3S/c1-14(9,13)7-3-2-5(10(11)12)4-6(7)8/h2-4,9H,1H3. The fraction of sp³-hybridized carbons (Fsp3) is 0.143. The van der Waals surface area contributed by atoms with Gasteiger partial charge in [-0.05, 0) is 22.0 Å². The lowest BCUT2D eigenvalue weighted by Gasteiger charge is -2.03. The van der Waals surface area contributed by atoms with Crippen molar-refractivity contribution in [2.24, 2.45) is 0 Å². The van der Waals surface area contributed by atoms with Gasteiger partial charge in [0.15, 0.2) is 0 Å². The summed E-state index contributed by atoms with van der Waals surface area (Å²) >= 11 is 3.05. The van der Waals surface area contributed by atoms with Gasteiger partial charge in [0, 0.05) is 22.9 Å². The maximum absolute atomic E-state index is 11.4. The Labute approximate surface area is 89.4 Å². The number of benzene rings is 1. The van der Waals surface area contributed by atoms with Crippen LogP contribution in [0.5, 0.6) is 0 Å². The van der Waals surface area contributed by atoms with Gasteiger partial charge in [0.25, 0.3) is 5.69 Å². The third-order valence-corrected chi connectivity index (χ3v) is 3.66. The van der Waals surface area contributed by atoms with E-state index < -0.39 is 14.7 Å². The molecule has 0 heterocycles. The Morgan fingerprint density at radius 1 is 1.57 bits per heavy atom. The lowest BCUT2D eigenvalue weighted by Crippen LogP contribution is -1.97. The van der Waals surface area contributed by atoms with Gasteiger partial charge in [0.2, 0.25) is 0 Å². The molecule has 1 unspecified atom stereocenters. The molecule has 1 aromatic carbocycles. The largest absolute Gasteiger partial charge is 0.270 e. The zero-order chi connectivity index (χ0) is 10.9. The van der Waals surface area contributed by atoms with Gasteiger partial charge < -0.3 is 0 Å². The first-order valence-electron chi connectivity index (χ1n) is 3.50. The fourth-order valence-electron chi connectivity index (χ4n) is 0.919. The number of halogens is 1. The van der Waals surface area contributed by atoms with Crippen LogP contribution in [0.1, 0.15) is 0 Å². The van der Waals surface area contributed by atoms with Gasteiger partial charge in [-0.25, -0.2) is 8.99 Å². The Hall–Kier alpha value is -0.950. The number of nitro groups is 1. The first-order valence-corrected chi connectivity index (χ1v) is 6.26. The predicted octanol–water partition coefficient (Wildman–Crippen LogP) is 2.39. The van der Waals surface area contributed by atoms with E-state index in [0.717, 1.165) is 0 Å². The van der Waals surface area contributed by atoms with E-state index in [1.807, 2.05) is 0 Å². The summed E-state index contributed by atoms with van der Waals surface area (Å²) in [5.74, 6) is 0. The maximum Gasteiger partial charge on any atom is 0.270 e. The molecule has 76 valence electrons. The molecule has 0 spiro atoms. The maximum atomic E-state index is 11.4. The molecule has 1 atom stereocenters. The smallest absolute Gasteiger partial charge is 0.258 e. The van der Waals surface area contributed by atoms with Crippen LogP contribution < -0.4 is 0 Å². The van der Waals surface area contributed by atoms with Crippen LogP contribution in [-0.4, -0.2) is 15.4 Å². The van der Waals surface area contributed by atoms with Crippen LogP contribution in [0.4, 0.5) is 5.69 Å². The van der Waals surface area contributed by atoms with Gasteiger partial charge in [0.05, 0.1) is 19.5 Å². The summed E-state index contributed by atoms with van der Waals surface area (Å²) in [6.45, 7) is 0. The summed E-state index contributed by atoms with van der Waals surface area (Å²) < 4.78 is 19.0. The number of hydrogen-bond donors (Lipinski definition) is 1. The molecular weight excluding hydrogens is 272 g/mol. The van der Waals surface area contributed by atoms with Crippen molar-refractivity contribution in [3.05, 3.63) is 32.8 Å². The van der Waals surface area contributed by atoms with Gasteiger partial charge in [-0.3, -0.25) is 10.1 Å². The van der Waals surface area contributed by atoms with Crippen molar-refractivity contribution < 1.29 is 9.13 Å². The molecule has 0 bridgehead atoms. The zero-order valence-electron chi connectivity index (χ0n) is 7.19. The minimum atomic E-state index is -2.85. The normalized spacial score (nSPS) is 14.7. The fourth-order valence-corrected chi connectivity index (χ4v) is 2.97. The Balaban J connectivity index is 3.35. The van der Waals surface area contributed by atoms with E-state index in [0.29, 0.717) is 4.47 Å². The van der Waals surface area contributed by atoms with E-state index in [4.69, 9.17) is 4.78 Å². The summed E-state index contributed by atoms with van der Waals surface area (Å²) in [6.07, 6.45) is 1.26. The summed E-state index contributed by atoms with van der Waals surface area (Å²) in [7, 11) is -2.85. The zero-order valence-corrected chi connectivity index (χ0v) is 9.59. The Kier molecular flexibility index (Phi) is 2.91. The first kappa shape index (κ1) is 11.1. The topological polar surface area (TPSA) is 84.1 Å². The molecule has 0 aromatic heterocycles. The van der Waals surface area contributed by atoms with Crippen molar-refractivity contribution in [1.82, 2.24) is 0 Å². The lowest BCUT2D eigenvalue weighted by atomic mass is 10.3. The highest BCUT2D eigenvalue weighted by Crippen LogP contribution is 2.26. The van der Waals surface area contributed by atoms with Crippen molar-refractivity contribution in [3.63, 3.8) is 0 Å². The molecule has 0 fully saturated rings. The average Bonchev–Trinajstić information content (AvgIpc) is 2.01. The molecule has 0 radical (unpaired) electrons. The second kappa shape index (κ2) is 3.66. The van der Waals surface area contributed by atoms with E-state index >= 15 is 0 Å². The number of nitrogens with one attached hydrogen (secondary N) is 1. The summed E-state index contributed by atoms with van der Waals surface area (Å²) in [5.41, 5.74) is -0.0933. The molecule has 1 rings (SSSR count). The molecule has 0 saturated heterocycles. The lowest BCUT2D eigenvalue weighted by molar-refractivity contribution is -0.385. The third-order valence-electron chi connectivity index (χ3n) is 1.55. The molecule has 7 heteroatoms. The first-order chi connectivity index (χ1) is 6.32. The number of non-ortho nitro benzene ring substituents is 1. The third kappa shape index (κ3) is 2.30. The Bertz CT molecular complexity index is 484. The average molecular weight is 279 g/mol. The molecule has 0 aliphatic heterocycles. The van der Waals surface area contributed by atoms with Gasteiger partial charge in [-0.1, -0.05) is 0 Å². The summed E-state index contributed by atoms with van der Waals surface area (Å²) in [4.78, 5) is 10.1. The molecule has 0 aliphatic carbocycles. The molecule has 0 saturated carbocycles. The highest BCUT2D eigenvalue weighted by atomic mass is 79.9. The van der Waals surface area contributed by atoms with Gasteiger partial charge >= 0.3 is 0 Å². The highest BCUT2D eigenvalue weighted by Gasteiger charge is 2.13. The van der Waals surface area contributed by atoms with E-state index in [1.54, 1.807) is 0 Å². The van der Waals surface area contributed by atoms with Crippen LogP contribution in [0.2, 0.25) is 0 Å². The van der Waals surface area contributed by atoms with E-state index in [2.05, 4.69) is 15.9 Å². The minimum Gasteiger partial charge on any atom is -0.258 e. The molecule has 1 N–H and O–H groups in total. The quantitative estimate of drug-likeness (QED) is 0.666. The molecule has 0 amide bonds. The van der Waals surface area contributed by atoms with Crippen molar-refractivity contribution in [2.75, 3.05) is 6.26 Å². The Morgan fingerprint density at radius 2 is 2.14 bits per heavy atom. The molecule has 1 aromatic rings. The van der Waals surface area contributed by atoms with E-state index in [9.17, 15) is 14.3 Å². The van der Waals surface area contributed by atoms with E-state index in [-0.39, 0.29) is 10.6 Å². The van der Waals surface area contributed by atoms with Gasteiger partial charge in [-0.15, -0.1) is 0 Å². The predicted molar refractivity (Wildman–Crippen MR) is 55.8 cm³/mol. The molecule has 5 nitrogen and oxygen atoms in total. The van der Waals surface area contributed by atoms with Gasteiger partial charge in [0.1, 0.15) is 0 Å². The summed E-state index contributed by atoms with van der Waals surface area (Å²) in [6, 6.07) is 3.81. The SMILES string of the molecule is CS(=N)(=O)c1ccc([N+](=O)[O-])cc1Br. The van der Waals surface area contributed by atoms with Crippen LogP contribution in [-0.2, 0) is 9.73 Å². The molecule has 14 heavy (non-hydrogen) atoms. The molecular formula is C7H7BrN2O3S. The van der Waals surface area contributed by atoms with E-state index in [1.165, 1.54) is 24.5 Å². The van der Waals surface area contributed by atoms with Crippen molar-refractivity contribution in [2.45, 2.75) is 4.90 Å². The van der Waals surface area contributed by atoms with Crippen LogP contribution in [0, 0.1) is 14.9 Å². The van der Waals surface area contributed by atoms with Gasteiger partial charge in [-0.2, -0.15) is 0 Å². The Morgan fingerprint density at radius 3 is 2.50 bits per heavy atom. The number of nitro benzene ring substituents is 1. The number of nitrogens with zero attached hydrogens (tertiary/aromatic N) is 1. The second-order valence-corrected chi connectivity index (χ2v) is 5.70. The van der Waals surface area contributed by atoms with Crippen LogP contribution in [0.25, 0.3) is 0 Å². The van der Waals surface area contributed by atoms with Crippen molar-refractivity contribution >= 4 is 31.3 Å². The van der Waals surface area contributed by atoms with Crippen LogP contribution in [0.3, 0.4) is 0 Å². The summed E-state index contributed by atoms with van der Waals surface area (Å²) in [5, 5.41) is 10.4. The van der Waals surface area contributed by atoms with Crippen LogP contribution >= 0.6 is 15.9 Å². The van der Waals surface area contributed by atoms with Crippen LogP contribution in [0.15, 0.2) is 27.6 Å². The van der Waals surface area contributed by atoms with Crippen molar-refractivity contribution in [1.29, 1.82) is 4.78 Å². The highest BCUT2D eigenvalue weighted by molar-refractivity contribution is 9.10.